The molecule has 2 aromatic heterocycles. The summed E-state index contributed by atoms with van der Waals surface area (Å²) in [5.74, 6) is -0.203. The van der Waals surface area contributed by atoms with E-state index in [1.165, 1.54) is 0 Å². The molecule has 48 heavy (non-hydrogen) atoms. The smallest absolute Gasteiger partial charge is 0.258 e. The fourth-order valence-corrected chi connectivity index (χ4v) is 7.48. The molecule has 8 heteroatoms. The Balaban J connectivity index is 1.29. The third-order valence-corrected chi connectivity index (χ3v) is 10.4. The van der Waals surface area contributed by atoms with Gasteiger partial charge in [-0.05, 0) is 77.4 Å². The molecular weight excluding hydrogens is 617 g/mol. The van der Waals surface area contributed by atoms with Gasteiger partial charge in [0.2, 0.25) is 0 Å². The van der Waals surface area contributed by atoms with Crippen molar-refractivity contribution in [3.05, 3.63) is 145 Å². The standard InChI is InChI=1S/C40H34N4O3S/c1-43(2)31-19-17-30(18-20-31)40(45)44(3)32-21-15-28(16-22-32)35-25-41-39-38(37(35)29-10-6-4-7-11-29)34-24-27(14-23-36(34)42-39)26-48(46,47)33-12-8-5-9-13-33/h4-25H,26H2,1-3H3,(H,41,42). The Bertz CT molecular complexity index is 2370. The van der Waals surface area contributed by atoms with Crippen LogP contribution in [0.1, 0.15) is 15.9 Å². The van der Waals surface area contributed by atoms with E-state index >= 15 is 0 Å². The summed E-state index contributed by atoms with van der Waals surface area (Å²) in [4.78, 5) is 25.5. The number of H-pyrrole nitrogens is 1. The predicted molar refractivity (Wildman–Crippen MR) is 195 cm³/mol. The normalized spacial score (nSPS) is 11.6. The van der Waals surface area contributed by atoms with Crippen LogP contribution >= 0.6 is 0 Å². The molecule has 238 valence electrons. The maximum Gasteiger partial charge on any atom is 0.258 e. The summed E-state index contributed by atoms with van der Waals surface area (Å²) in [6.07, 6.45) is 1.87. The number of hydrogen-bond acceptors (Lipinski definition) is 5. The third kappa shape index (κ3) is 5.82. The molecule has 1 amide bonds. The van der Waals surface area contributed by atoms with Crippen LogP contribution in [-0.4, -0.2) is 45.4 Å². The molecule has 7 rings (SSSR count). The van der Waals surface area contributed by atoms with E-state index in [2.05, 4.69) is 17.1 Å². The summed E-state index contributed by atoms with van der Waals surface area (Å²) in [7, 11) is 2.19. The van der Waals surface area contributed by atoms with Crippen molar-refractivity contribution >= 4 is 49.1 Å². The Morgan fingerprint density at radius 3 is 2.04 bits per heavy atom. The molecule has 2 heterocycles. The first-order chi connectivity index (χ1) is 23.2. The number of amides is 1. The van der Waals surface area contributed by atoms with E-state index in [4.69, 9.17) is 4.98 Å². The van der Waals surface area contributed by atoms with Gasteiger partial charge in [-0.2, -0.15) is 0 Å². The van der Waals surface area contributed by atoms with Crippen molar-refractivity contribution in [1.29, 1.82) is 0 Å². The molecule has 0 saturated carbocycles. The zero-order chi connectivity index (χ0) is 33.4. The maximum absolute atomic E-state index is 13.3. The Morgan fingerprint density at radius 1 is 0.729 bits per heavy atom. The molecule has 5 aromatic carbocycles. The highest BCUT2D eigenvalue weighted by molar-refractivity contribution is 7.90. The number of anilines is 2. The minimum atomic E-state index is -3.53. The fraction of sp³-hybridized carbons (Fsp3) is 0.100. The van der Waals surface area contributed by atoms with Crippen molar-refractivity contribution in [3.8, 4) is 22.3 Å². The van der Waals surface area contributed by atoms with Crippen LogP contribution in [0.2, 0.25) is 0 Å². The van der Waals surface area contributed by atoms with Gasteiger partial charge >= 0.3 is 0 Å². The van der Waals surface area contributed by atoms with Crippen LogP contribution in [-0.2, 0) is 15.6 Å². The molecule has 7 aromatic rings. The van der Waals surface area contributed by atoms with Crippen molar-refractivity contribution in [3.63, 3.8) is 0 Å². The fourth-order valence-electron chi connectivity index (χ4n) is 6.12. The van der Waals surface area contributed by atoms with Gasteiger partial charge in [-0.15, -0.1) is 0 Å². The van der Waals surface area contributed by atoms with E-state index in [-0.39, 0.29) is 11.7 Å². The van der Waals surface area contributed by atoms with Crippen LogP contribution in [0.25, 0.3) is 44.2 Å². The molecule has 0 aliphatic heterocycles. The Labute approximate surface area is 280 Å². The number of hydrogen-bond donors (Lipinski definition) is 1. The second-order valence-electron chi connectivity index (χ2n) is 12.1. The summed E-state index contributed by atoms with van der Waals surface area (Å²) in [5, 5.41) is 1.83. The monoisotopic (exact) mass is 650 g/mol. The number of carbonyl (C=O) groups is 1. The van der Waals surface area contributed by atoms with Crippen molar-refractivity contribution in [2.75, 3.05) is 30.9 Å². The van der Waals surface area contributed by atoms with Crippen molar-refractivity contribution in [1.82, 2.24) is 9.97 Å². The molecule has 7 nitrogen and oxygen atoms in total. The molecule has 0 spiro atoms. The minimum absolute atomic E-state index is 0.0926. The molecule has 0 fully saturated rings. The number of sulfone groups is 1. The van der Waals surface area contributed by atoms with Gasteiger partial charge in [-0.3, -0.25) is 4.79 Å². The molecule has 1 N–H and O–H groups in total. The van der Waals surface area contributed by atoms with Gasteiger partial charge in [-0.25, -0.2) is 13.4 Å². The van der Waals surface area contributed by atoms with Gasteiger partial charge in [0.25, 0.3) is 5.91 Å². The lowest BCUT2D eigenvalue weighted by atomic mass is 9.92. The van der Waals surface area contributed by atoms with E-state index in [1.807, 2.05) is 116 Å². The van der Waals surface area contributed by atoms with Crippen LogP contribution in [0.5, 0.6) is 0 Å². The molecule has 0 saturated heterocycles. The highest BCUT2D eigenvalue weighted by Crippen LogP contribution is 2.41. The van der Waals surface area contributed by atoms with E-state index in [1.54, 1.807) is 36.2 Å². The lowest BCUT2D eigenvalue weighted by Crippen LogP contribution is -2.26. The summed E-state index contributed by atoms with van der Waals surface area (Å²) in [6.45, 7) is 0. The number of aromatic amines is 1. The summed E-state index contributed by atoms with van der Waals surface area (Å²) < 4.78 is 26.5. The van der Waals surface area contributed by atoms with Gasteiger partial charge in [-0.1, -0.05) is 66.7 Å². The lowest BCUT2D eigenvalue weighted by molar-refractivity contribution is 0.0993. The summed E-state index contributed by atoms with van der Waals surface area (Å²) >= 11 is 0. The second kappa shape index (κ2) is 12.5. The maximum atomic E-state index is 13.3. The highest BCUT2D eigenvalue weighted by atomic mass is 32.2. The van der Waals surface area contributed by atoms with Gasteiger partial charge in [0.15, 0.2) is 9.84 Å². The third-order valence-electron chi connectivity index (χ3n) is 8.71. The van der Waals surface area contributed by atoms with Crippen molar-refractivity contribution in [2.24, 2.45) is 0 Å². The first-order valence-corrected chi connectivity index (χ1v) is 17.3. The molecule has 0 unspecified atom stereocenters. The highest BCUT2D eigenvalue weighted by Gasteiger charge is 2.20. The predicted octanol–water partition coefficient (Wildman–Crippen LogP) is 8.37. The first kappa shape index (κ1) is 30.9. The topological polar surface area (TPSA) is 86.4 Å². The van der Waals surface area contributed by atoms with Crippen LogP contribution in [0.15, 0.2) is 138 Å². The van der Waals surface area contributed by atoms with Gasteiger partial charge in [0.05, 0.1) is 10.6 Å². The summed E-state index contributed by atoms with van der Waals surface area (Å²) in [6, 6.07) is 39.9. The zero-order valence-electron chi connectivity index (χ0n) is 26.9. The van der Waals surface area contributed by atoms with E-state index < -0.39 is 9.84 Å². The number of carbonyl (C=O) groups excluding carboxylic acids is 1. The summed E-state index contributed by atoms with van der Waals surface area (Å²) in [5.41, 5.74) is 8.59. The number of nitrogens with zero attached hydrogens (tertiary/aromatic N) is 3. The number of nitrogens with one attached hydrogen (secondary N) is 1. The molecule has 0 radical (unpaired) electrons. The molecule has 0 aliphatic carbocycles. The molecule has 0 bridgehead atoms. The van der Waals surface area contributed by atoms with Crippen LogP contribution in [0, 0.1) is 0 Å². The first-order valence-electron chi connectivity index (χ1n) is 15.6. The largest absolute Gasteiger partial charge is 0.378 e. The van der Waals surface area contributed by atoms with Crippen molar-refractivity contribution < 1.29 is 13.2 Å². The van der Waals surface area contributed by atoms with Crippen LogP contribution in [0.4, 0.5) is 11.4 Å². The number of aromatic nitrogens is 2. The van der Waals surface area contributed by atoms with Crippen LogP contribution in [0.3, 0.4) is 0 Å². The average Bonchev–Trinajstić information content (AvgIpc) is 3.49. The van der Waals surface area contributed by atoms with E-state index in [9.17, 15) is 13.2 Å². The molecule has 0 aliphatic rings. The second-order valence-corrected chi connectivity index (χ2v) is 14.1. The average molecular weight is 651 g/mol. The van der Waals surface area contributed by atoms with Gasteiger partial charge < -0.3 is 14.8 Å². The minimum Gasteiger partial charge on any atom is -0.378 e. The molecular formula is C40H34N4O3S. The zero-order valence-corrected chi connectivity index (χ0v) is 27.7. The Morgan fingerprint density at radius 2 is 1.38 bits per heavy atom. The quantitative estimate of drug-likeness (QED) is 0.179. The molecule has 0 atom stereocenters. The van der Waals surface area contributed by atoms with Gasteiger partial charge in [0, 0.05) is 71.7 Å². The Kier molecular flexibility index (Phi) is 8.03. The lowest BCUT2D eigenvalue weighted by Gasteiger charge is -2.19. The van der Waals surface area contributed by atoms with E-state index in [0.29, 0.717) is 16.0 Å². The Hall–Kier alpha value is -5.73. The number of pyridine rings is 1. The number of fused-ring (bicyclic) bond motifs is 3. The SMILES string of the molecule is CN(C)c1ccc(C(=O)N(C)c2ccc(-c3cnc4[nH]c5ccc(CS(=O)(=O)c6ccccc6)cc5c4c3-c3ccccc3)cc2)cc1. The number of rotatable bonds is 8. The number of benzene rings is 5. The van der Waals surface area contributed by atoms with Gasteiger partial charge in [0.1, 0.15) is 5.65 Å². The van der Waals surface area contributed by atoms with Crippen LogP contribution < -0.4 is 9.80 Å². The van der Waals surface area contributed by atoms with E-state index in [0.717, 1.165) is 55.6 Å². The van der Waals surface area contributed by atoms with Crippen molar-refractivity contribution in [2.45, 2.75) is 10.6 Å².